The van der Waals surface area contributed by atoms with E-state index in [1.165, 1.54) is 6.92 Å². The molecule has 2 rings (SSSR count). The third kappa shape index (κ3) is 6.36. The van der Waals surface area contributed by atoms with Crippen LogP contribution in [0.15, 0.2) is 36.5 Å². The summed E-state index contributed by atoms with van der Waals surface area (Å²) < 4.78 is 50.6. The molecule has 0 fully saturated rings. The lowest BCUT2D eigenvalue weighted by Crippen LogP contribution is -2.33. The lowest BCUT2D eigenvalue weighted by molar-refractivity contribution is -0.123. The van der Waals surface area contributed by atoms with Gasteiger partial charge in [0.1, 0.15) is 12.4 Å². The van der Waals surface area contributed by atoms with E-state index in [0.29, 0.717) is 12.1 Å². The van der Waals surface area contributed by atoms with Gasteiger partial charge in [0, 0.05) is 35.1 Å². The average molecular weight is 383 g/mol. The summed E-state index contributed by atoms with van der Waals surface area (Å²) >= 11 is 0. The number of rotatable bonds is 6. The Bertz CT molecular complexity index is 823. The van der Waals surface area contributed by atoms with E-state index in [-0.39, 0.29) is 23.2 Å². The van der Waals surface area contributed by atoms with Gasteiger partial charge in [0.2, 0.25) is 5.91 Å². The molecule has 144 valence electrons. The van der Waals surface area contributed by atoms with Crippen molar-refractivity contribution in [3.63, 3.8) is 0 Å². The van der Waals surface area contributed by atoms with Crippen LogP contribution < -0.4 is 10.6 Å². The van der Waals surface area contributed by atoms with Gasteiger partial charge in [-0.1, -0.05) is 6.07 Å². The molecule has 1 aromatic heterocycles. The zero-order valence-corrected chi connectivity index (χ0v) is 14.4. The second kappa shape index (κ2) is 8.61. The molecular weight excluding hydrogens is 366 g/mol. The van der Waals surface area contributed by atoms with Gasteiger partial charge >= 0.3 is 6.18 Å². The molecular formula is C18H17F4N3O2. The molecule has 0 unspecified atom stereocenters. The number of nitrogens with one attached hydrogen (secondary N) is 2. The van der Waals surface area contributed by atoms with Gasteiger partial charge in [-0.25, -0.2) is 4.39 Å². The number of benzene rings is 1. The Morgan fingerprint density at radius 1 is 1.19 bits per heavy atom. The number of pyridine rings is 1. The summed E-state index contributed by atoms with van der Waals surface area (Å²) in [6.45, 7) is -0.145. The average Bonchev–Trinajstić information content (AvgIpc) is 2.62. The quantitative estimate of drug-likeness (QED) is 0.752. The molecule has 0 spiro atoms. The number of alkyl halides is 3. The molecule has 0 aliphatic carbocycles. The van der Waals surface area contributed by atoms with Crippen molar-refractivity contribution in [1.29, 1.82) is 0 Å². The summed E-state index contributed by atoms with van der Waals surface area (Å²) in [5.74, 6) is -2.33. The first-order chi connectivity index (χ1) is 12.7. The van der Waals surface area contributed by atoms with Gasteiger partial charge in [0.15, 0.2) is 0 Å². The van der Waals surface area contributed by atoms with Crippen LogP contribution in [0.1, 0.15) is 28.0 Å². The highest BCUT2D eigenvalue weighted by atomic mass is 19.4. The lowest BCUT2D eigenvalue weighted by Gasteiger charge is -2.13. The Hall–Kier alpha value is -2.97. The van der Waals surface area contributed by atoms with Crippen molar-refractivity contribution in [3.05, 3.63) is 59.2 Å². The molecule has 2 amide bonds. The predicted molar refractivity (Wildman–Crippen MR) is 90.7 cm³/mol. The summed E-state index contributed by atoms with van der Waals surface area (Å²) in [5, 5.41) is 4.14. The minimum atomic E-state index is -4.58. The number of anilines is 1. The van der Waals surface area contributed by atoms with Crippen LogP contribution in [0.3, 0.4) is 0 Å². The molecule has 2 N–H and O–H groups in total. The maximum atomic E-state index is 14.0. The van der Waals surface area contributed by atoms with Gasteiger partial charge in [0.05, 0.1) is 0 Å². The summed E-state index contributed by atoms with van der Waals surface area (Å²) in [5.41, 5.74) is 0.491. The van der Waals surface area contributed by atoms with Crippen LogP contribution in [-0.4, -0.2) is 29.5 Å². The molecule has 0 aliphatic heterocycles. The third-order valence-corrected chi connectivity index (χ3v) is 3.66. The maximum absolute atomic E-state index is 14.0. The zero-order chi connectivity index (χ0) is 20.0. The number of nitrogens with zero attached hydrogens (tertiary/aromatic N) is 1. The van der Waals surface area contributed by atoms with E-state index < -0.39 is 30.4 Å². The number of halogens is 4. The molecule has 0 aliphatic rings. The number of hydrogen-bond acceptors (Lipinski definition) is 3. The molecule has 5 nitrogen and oxygen atoms in total. The van der Waals surface area contributed by atoms with E-state index in [2.05, 4.69) is 10.3 Å². The molecule has 27 heavy (non-hydrogen) atoms. The Balaban J connectivity index is 2.06. The fourth-order valence-corrected chi connectivity index (χ4v) is 2.22. The minimum Gasteiger partial charge on any atom is -0.343 e. The van der Waals surface area contributed by atoms with Crippen molar-refractivity contribution in [3.8, 4) is 0 Å². The highest BCUT2D eigenvalue weighted by Gasteiger charge is 2.28. The van der Waals surface area contributed by atoms with Crippen LogP contribution in [0.2, 0.25) is 0 Å². The predicted octanol–water partition coefficient (Wildman–Crippen LogP) is 3.39. The third-order valence-electron chi connectivity index (χ3n) is 3.66. The monoisotopic (exact) mass is 383 g/mol. The normalized spacial score (nSPS) is 11.1. The Morgan fingerprint density at radius 2 is 1.93 bits per heavy atom. The fourth-order valence-electron chi connectivity index (χ4n) is 2.22. The van der Waals surface area contributed by atoms with E-state index in [1.54, 1.807) is 29.7 Å². The van der Waals surface area contributed by atoms with Crippen molar-refractivity contribution in [2.24, 2.45) is 0 Å². The number of amides is 2. The SMILES string of the molecule is Cc1c(F)cc(C(=O)NCC(F)(F)F)cc1NC(=O)CCc1ccccn1. The summed E-state index contributed by atoms with van der Waals surface area (Å²) in [7, 11) is 0. The molecule has 1 aromatic carbocycles. The second-order valence-electron chi connectivity index (χ2n) is 5.80. The molecule has 0 saturated carbocycles. The lowest BCUT2D eigenvalue weighted by atomic mass is 10.1. The highest BCUT2D eigenvalue weighted by molar-refractivity contribution is 5.97. The van der Waals surface area contributed by atoms with E-state index in [4.69, 9.17) is 0 Å². The van der Waals surface area contributed by atoms with Gasteiger partial charge in [-0.15, -0.1) is 0 Å². The number of hydrogen-bond donors (Lipinski definition) is 2. The first-order valence-electron chi connectivity index (χ1n) is 8.00. The smallest absolute Gasteiger partial charge is 0.343 e. The van der Waals surface area contributed by atoms with Crippen LogP contribution >= 0.6 is 0 Å². The molecule has 9 heteroatoms. The summed E-state index contributed by atoms with van der Waals surface area (Å²) in [4.78, 5) is 28.0. The van der Waals surface area contributed by atoms with Gasteiger partial charge < -0.3 is 10.6 Å². The van der Waals surface area contributed by atoms with Crippen molar-refractivity contribution < 1.29 is 27.2 Å². The standard InChI is InChI=1S/C18H17F4N3O2/c1-11-14(19)8-12(17(27)24-10-18(20,21)22)9-15(11)25-16(26)6-5-13-4-2-3-7-23-13/h2-4,7-9H,5-6,10H2,1H3,(H,24,27)(H,25,26). The number of aromatic nitrogens is 1. The van der Waals surface area contributed by atoms with E-state index in [9.17, 15) is 27.2 Å². The van der Waals surface area contributed by atoms with E-state index >= 15 is 0 Å². The van der Waals surface area contributed by atoms with Crippen LogP contribution in [0.25, 0.3) is 0 Å². The van der Waals surface area contributed by atoms with Gasteiger partial charge in [-0.05, 0) is 37.6 Å². The molecule has 1 heterocycles. The molecule has 0 atom stereocenters. The van der Waals surface area contributed by atoms with Gasteiger partial charge in [-0.2, -0.15) is 13.2 Å². The van der Waals surface area contributed by atoms with Crippen LogP contribution in [0, 0.1) is 12.7 Å². The van der Waals surface area contributed by atoms with Crippen LogP contribution in [-0.2, 0) is 11.2 Å². The van der Waals surface area contributed by atoms with E-state index in [1.807, 2.05) is 0 Å². The van der Waals surface area contributed by atoms with Crippen molar-refractivity contribution >= 4 is 17.5 Å². The molecule has 0 saturated heterocycles. The number of carbonyl (C=O) groups is 2. The first-order valence-corrected chi connectivity index (χ1v) is 8.00. The topological polar surface area (TPSA) is 71.1 Å². The van der Waals surface area contributed by atoms with Crippen molar-refractivity contribution in [1.82, 2.24) is 10.3 Å². The summed E-state index contributed by atoms with van der Waals surface area (Å²) in [6, 6.07) is 7.24. The largest absolute Gasteiger partial charge is 0.405 e. The Kier molecular flexibility index (Phi) is 6.49. The Morgan fingerprint density at radius 3 is 2.56 bits per heavy atom. The van der Waals surface area contributed by atoms with Gasteiger partial charge in [0.25, 0.3) is 5.91 Å². The molecule has 0 bridgehead atoms. The number of aryl methyl sites for hydroxylation is 1. The summed E-state index contributed by atoms with van der Waals surface area (Å²) in [6.07, 6.45) is -2.56. The Labute approximate surface area is 152 Å². The highest BCUT2D eigenvalue weighted by Crippen LogP contribution is 2.22. The fraction of sp³-hybridized carbons (Fsp3) is 0.278. The van der Waals surface area contributed by atoms with Crippen LogP contribution in [0.5, 0.6) is 0 Å². The first kappa shape index (κ1) is 20.3. The van der Waals surface area contributed by atoms with E-state index in [0.717, 1.165) is 12.1 Å². The molecule has 2 aromatic rings. The van der Waals surface area contributed by atoms with Gasteiger partial charge in [-0.3, -0.25) is 14.6 Å². The number of carbonyl (C=O) groups excluding carboxylic acids is 2. The maximum Gasteiger partial charge on any atom is 0.405 e. The second-order valence-corrected chi connectivity index (χ2v) is 5.80. The van der Waals surface area contributed by atoms with Crippen molar-refractivity contribution in [2.75, 3.05) is 11.9 Å². The van der Waals surface area contributed by atoms with Crippen molar-refractivity contribution in [2.45, 2.75) is 25.9 Å². The minimum absolute atomic E-state index is 0.0261. The zero-order valence-electron chi connectivity index (χ0n) is 14.4. The molecule has 0 radical (unpaired) electrons. The van der Waals surface area contributed by atoms with Crippen LogP contribution in [0.4, 0.5) is 23.2 Å².